The van der Waals surface area contributed by atoms with E-state index in [1.54, 1.807) is 11.8 Å². The molecule has 0 fully saturated rings. The van der Waals surface area contributed by atoms with Gasteiger partial charge in [0.1, 0.15) is 0 Å². The van der Waals surface area contributed by atoms with E-state index in [-0.39, 0.29) is 4.75 Å². The molecule has 0 heterocycles. The number of hydrogen-bond acceptors (Lipinski definition) is 1. The first-order chi connectivity index (χ1) is 3.62. The van der Waals surface area contributed by atoms with Gasteiger partial charge in [-0.25, -0.2) is 0 Å². The van der Waals surface area contributed by atoms with E-state index in [2.05, 4.69) is 32.6 Å². The zero-order chi connectivity index (χ0) is 6.62. The fraction of sp³-hybridized carbons (Fsp3) is 0.571. The van der Waals surface area contributed by atoms with Crippen LogP contribution in [0.4, 0.5) is 0 Å². The summed E-state index contributed by atoms with van der Waals surface area (Å²) in [7, 11) is 0. The van der Waals surface area contributed by atoms with Gasteiger partial charge < -0.3 is 0 Å². The topological polar surface area (TPSA) is 0 Å². The molecule has 0 aromatic heterocycles. The first-order valence-electron chi connectivity index (χ1n) is 2.47. The van der Waals surface area contributed by atoms with Crippen molar-refractivity contribution in [1.82, 2.24) is 0 Å². The molecule has 0 aliphatic heterocycles. The second-order valence-corrected chi connectivity index (χ2v) is 3.45. The quantitative estimate of drug-likeness (QED) is 0.485. The van der Waals surface area contributed by atoms with Crippen molar-refractivity contribution in [1.29, 1.82) is 0 Å². The van der Waals surface area contributed by atoms with Crippen LogP contribution in [0.2, 0.25) is 0 Å². The molecule has 0 amide bonds. The maximum Gasteiger partial charge on any atom is 0.0706 e. The Balaban J connectivity index is 3.85. The lowest BCUT2D eigenvalue weighted by atomic mass is 10.2. The van der Waals surface area contributed by atoms with E-state index < -0.39 is 0 Å². The Morgan fingerprint density at radius 1 is 1.50 bits per heavy atom. The van der Waals surface area contributed by atoms with Crippen LogP contribution in [0.5, 0.6) is 0 Å². The van der Waals surface area contributed by atoms with Crippen LogP contribution in [-0.2, 0) is 0 Å². The van der Waals surface area contributed by atoms with Crippen LogP contribution in [0.15, 0.2) is 0 Å². The summed E-state index contributed by atoms with van der Waals surface area (Å²) >= 11 is 1.74. The Kier molecular flexibility index (Phi) is 3.01. The van der Waals surface area contributed by atoms with Gasteiger partial charge in [-0.2, -0.15) is 0 Å². The second kappa shape index (κ2) is 3.04. The fourth-order valence-corrected chi connectivity index (χ4v) is 0.438. The second-order valence-electron chi connectivity index (χ2n) is 2.02. The van der Waals surface area contributed by atoms with Gasteiger partial charge in [0.15, 0.2) is 0 Å². The largest absolute Gasteiger partial charge is 0.146 e. The number of hydrogen-bond donors (Lipinski definition) is 0. The first-order valence-corrected chi connectivity index (χ1v) is 3.69. The van der Waals surface area contributed by atoms with Crippen LogP contribution in [0.1, 0.15) is 13.8 Å². The smallest absolute Gasteiger partial charge is 0.0706 e. The van der Waals surface area contributed by atoms with Crippen molar-refractivity contribution in [2.45, 2.75) is 18.6 Å². The van der Waals surface area contributed by atoms with Crippen molar-refractivity contribution in [3.8, 4) is 11.8 Å². The van der Waals surface area contributed by atoms with Gasteiger partial charge in [-0.15, -0.1) is 17.7 Å². The Morgan fingerprint density at radius 3 is 2.12 bits per heavy atom. The first kappa shape index (κ1) is 7.91. The molecule has 0 N–H and O–H groups in total. The van der Waals surface area contributed by atoms with Crippen LogP contribution in [-0.4, -0.2) is 11.0 Å². The summed E-state index contributed by atoms with van der Waals surface area (Å²) in [5.74, 6) is 5.61. The average Bonchev–Trinajstić information content (AvgIpc) is 1.67. The standard InChI is InChI=1S/C7H11S/c1-5-6-7(2,3)8-4/h1H2,2-4H3. The fourth-order valence-electron chi connectivity index (χ4n) is 0.264. The molecule has 45 valence electrons. The monoisotopic (exact) mass is 127 g/mol. The predicted octanol–water partition coefficient (Wildman–Crippen LogP) is 1.97. The molecule has 0 spiro atoms. The molecule has 1 radical (unpaired) electrons. The van der Waals surface area contributed by atoms with Crippen LogP contribution in [0.25, 0.3) is 0 Å². The van der Waals surface area contributed by atoms with Crippen LogP contribution in [0, 0.1) is 18.8 Å². The van der Waals surface area contributed by atoms with Crippen molar-refractivity contribution in [2.24, 2.45) is 0 Å². The van der Waals surface area contributed by atoms with Gasteiger partial charge in [0, 0.05) is 6.92 Å². The zero-order valence-corrected chi connectivity index (χ0v) is 6.43. The molecule has 1 heteroatoms. The number of thioether (sulfide) groups is 1. The molecule has 0 unspecified atom stereocenters. The molecule has 0 aliphatic carbocycles. The van der Waals surface area contributed by atoms with E-state index in [0.29, 0.717) is 0 Å². The van der Waals surface area contributed by atoms with Crippen LogP contribution >= 0.6 is 11.8 Å². The lowest BCUT2D eigenvalue weighted by molar-refractivity contribution is 0.937. The van der Waals surface area contributed by atoms with Gasteiger partial charge in [-0.05, 0) is 20.1 Å². The van der Waals surface area contributed by atoms with Crippen molar-refractivity contribution < 1.29 is 0 Å². The average molecular weight is 127 g/mol. The van der Waals surface area contributed by atoms with Gasteiger partial charge in [-0.1, -0.05) is 5.92 Å². The van der Waals surface area contributed by atoms with E-state index in [0.717, 1.165) is 0 Å². The van der Waals surface area contributed by atoms with E-state index in [9.17, 15) is 0 Å². The number of rotatable bonds is 1. The van der Waals surface area contributed by atoms with Gasteiger partial charge in [-0.3, -0.25) is 0 Å². The molecule has 0 aromatic carbocycles. The highest BCUT2D eigenvalue weighted by Gasteiger charge is 2.09. The normalized spacial score (nSPS) is 10.0. The van der Waals surface area contributed by atoms with Crippen LogP contribution < -0.4 is 0 Å². The van der Waals surface area contributed by atoms with Crippen molar-refractivity contribution in [3.63, 3.8) is 0 Å². The van der Waals surface area contributed by atoms with Crippen LogP contribution in [0.3, 0.4) is 0 Å². The van der Waals surface area contributed by atoms with Crippen molar-refractivity contribution >= 4 is 11.8 Å². The lowest BCUT2D eigenvalue weighted by Crippen LogP contribution is -2.09. The molecule has 0 nitrogen and oxygen atoms in total. The zero-order valence-electron chi connectivity index (χ0n) is 5.62. The highest BCUT2D eigenvalue weighted by molar-refractivity contribution is 8.00. The molecule has 0 aliphatic rings. The van der Waals surface area contributed by atoms with Gasteiger partial charge in [0.25, 0.3) is 0 Å². The van der Waals surface area contributed by atoms with Gasteiger partial charge in [0.2, 0.25) is 0 Å². The SMILES string of the molecule is [CH2]C#CC(C)(C)SC. The summed E-state index contributed by atoms with van der Waals surface area (Å²) in [6, 6.07) is 0. The molecule has 0 atom stereocenters. The summed E-state index contributed by atoms with van der Waals surface area (Å²) in [5.41, 5.74) is 0. The summed E-state index contributed by atoms with van der Waals surface area (Å²) < 4.78 is 0.0851. The molecule has 0 saturated carbocycles. The van der Waals surface area contributed by atoms with E-state index >= 15 is 0 Å². The highest BCUT2D eigenvalue weighted by Crippen LogP contribution is 2.18. The van der Waals surface area contributed by atoms with Crippen molar-refractivity contribution in [2.75, 3.05) is 6.26 Å². The van der Waals surface area contributed by atoms with Crippen molar-refractivity contribution in [3.05, 3.63) is 6.92 Å². The molecule has 0 bridgehead atoms. The summed E-state index contributed by atoms with van der Waals surface area (Å²) in [4.78, 5) is 0. The third-order valence-electron chi connectivity index (χ3n) is 0.900. The summed E-state index contributed by atoms with van der Waals surface area (Å²) in [6.45, 7) is 7.60. The third-order valence-corrected chi connectivity index (χ3v) is 2.02. The minimum absolute atomic E-state index is 0.0851. The molecular formula is C7H11S. The Morgan fingerprint density at radius 2 is 2.00 bits per heavy atom. The maximum atomic E-state index is 3.44. The predicted molar refractivity (Wildman–Crippen MR) is 40.7 cm³/mol. The Bertz CT molecular complexity index is 114. The minimum Gasteiger partial charge on any atom is -0.146 e. The van der Waals surface area contributed by atoms with E-state index in [4.69, 9.17) is 0 Å². The van der Waals surface area contributed by atoms with E-state index in [1.807, 2.05) is 6.26 Å². The minimum atomic E-state index is 0.0851. The molecule has 0 rings (SSSR count). The van der Waals surface area contributed by atoms with Gasteiger partial charge in [0.05, 0.1) is 4.75 Å². The lowest BCUT2D eigenvalue weighted by Gasteiger charge is -2.11. The Hall–Kier alpha value is -0.0900. The van der Waals surface area contributed by atoms with E-state index in [1.165, 1.54) is 0 Å². The Labute approximate surface area is 56.1 Å². The molecule has 8 heavy (non-hydrogen) atoms. The molecule has 0 aromatic rings. The molecular weight excluding hydrogens is 116 g/mol. The third kappa shape index (κ3) is 2.98. The van der Waals surface area contributed by atoms with Gasteiger partial charge >= 0.3 is 0 Å². The highest BCUT2D eigenvalue weighted by atomic mass is 32.2. The summed E-state index contributed by atoms with van der Waals surface area (Å²) in [6.07, 6.45) is 2.05. The molecule has 0 saturated heterocycles. The maximum absolute atomic E-state index is 3.44. The summed E-state index contributed by atoms with van der Waals surface area (Å²) in [5, 5.41) is 0.